The molecule has 30 heavy (non-hydrogen) atoms. The van der Waals surface area contributed by atoms with E-state index in [0.29, 0.717) is 29.5 Å². The molecule has 4 heterocycles. The molecule has 5 rings (SSSR count). The van der Waals surface area contributed by atoms with Crippen molar-refractivity contribution in [3.63, 3.8) is 0 Å². The van der Waals surface area contributed by atoms with Crippen LogP contribution in [-0.4, -0.2) is 43.3 Å². The molecule has 1 saturated heterocycles. The van der Waals surface area contributed by atoms with Crippen LogP contribution in [0.3, 0.4) is 0 Å². The molecule has 7 nitrogen and oxygen atoms in total. The normalized spacial score (nSPS) is 17.9. The van der Waals surface area contributed by atoms with Gasteiger partial charge in [-0.15, -0.1) is 19.4 Å². The van der Waals surface area contributed by atoms with Gasteiger partial charge in [0.15, 0.2) is 16.5 Å². The third-order valence-electron chi connectivity index (χ3n) is 5.65. The first-order chi connectivity index (χ1) is 14.4. The molecule has 1 aromatic carbocycles. The fraction of sp³-hybridized carbons (Fsp3) is 0.300. The molecule has 2 aliphatic rings. The van der Waals surface area contributed by atoms with E-state index in [1.165, 1.54) is 23.5 Å². The lowest BCUT2D eigenvalue weighted by Gasteiger charge is -2.32. The van der Waals surface area contributed by atoms with Crippen molar-refractivity contribution < 1.29 is 14.3 Å². The van der Waals surface area contributed by atoms with Gasteiger partial charge in [0.05, 0.1) is 11.6 Å². The van der Waals surface area contributed by atoms with E-state index in [1.54, 1.807) is 21.7 Å². The Kier molecular flexibility index (Phi) is 4.67. The first kappa shape index (κ1) is 19.3. The summed E-state index contributed by atoms with van der Waals surface area (Å²) in [7, 11) is 2.50. The summed E-state index contributed by atoms with van der Waals surface area (Å²) in [6, 6.07) is 4.60. The Morgan fingerprint density at radius 2 is 2.13 bits per heavy atom. The number of halogens is 1. The highest BCUT2D eigenvalue weighted by molar-refractivity contribution is 7.27. The minimum Gasteiger partial charge on any atom is -0.503 e. The van der Waals surface area contributed by atoms with Gasteiger partial charge < -0.3 is 14.6 Å². The predicted octanol–water partition coefficient (Wildman–Crippen LogP) is 1.92. The fourth-order valence-electron chi connectivity index (χ4n) is 4.15. The zero-order chi connectivity index (χ0) is 21.0. The summed E-state index contributed by atoms with van der Waals surface area (Å²) in [5.74, 6) is -1.15. The van der Waals surface area contributed by atoms with Crippen LogP contribution in [0.25, 0.3) is 10.6 Å². The van der Waals surface area contributed by atoms with Crippen molar-refractivity contribution in [1.29, 1.82) is 0 Å². The van der Waals surface area contributed by atoms with E-state index in [-0.39, 0.29) is 29.0 Å². The maximum Gasteiger partial charge on any atom is 0.274 e. The fourth-order valence-corrected chi connectivity index (χ4v) is 5.38. The van der Waals surface area contributed by atoms with Gasteiger partial charge >= 0.3 is 0 Å². The van der Waals surface area contributed by atoms with Crippen molar-refractivity contribution in [3.05, 3.63) is 56.7 Å². The van der Waals surface area contributed by atoms with Gasteiger partial charge in [-0.3, -0.25) is 9.59 Å². The van der Waals surface area contributed by atoms with E-state index < -0.39 is 11.2 Å². The molecule has 0 radical (unpaired) electrons. The molecular weight excluding hydrogens is 426 g/mol. The zero-order valence-corrected chi connectivity index (χ0v) is 17.8. The van der Waals surface area contributed by atoms with Crippen molar-refractivity contribution in [2.45, 2.75) is 31.8 Å². The van der Waals surface area contributed by atoms with E-state index in [1.807, 2.05) is 0 Å². The van der Waals surface area contributed by atoms with Gasteiger partial charge in [0.2, 0.25) is 5.43 Å². The van der Waals surface area contributed by atoms with E-state index in [9.17, 15) is 19.1 Å². The SMILES string of the molecule is O=C1c2c(O)c(=O)c(-c3nnc(Cc4ccc(F)cc4P)s3)cn2C[C@H]2CCCN12. The maximum atomic E-state index is 13.3. The van der Waals surface area contributed by atoms with Crippen LogP contribution in [0.2, 0.25) is 0 Å². The van der Waals surface area contributed by atoms with Crippen LogP contribution in [0.4, 0.5) is 4.39 Å². The van der Waals surface area contributed by atoms with E-state index in [0.717, 1.165) is 23.7 Å². The van der Waals surface area contributed by atoms with Crippen LogP contribution in [0.15, 0.2) is 29.2 Å². The average molecular weight is 444 g/mol. The number of hydrogen-bond donors (Lipinski definition) is 1. The van der Waals surface area contributed by atoms with Gasteiger partial charge in [-0.25, -0.2) is 4.39 Å². The summed E-state index contributed by atoms with van der Waals surface area (Å²) in [6.45, 7) is 1.19. The molecule has 3 aromatic rings. The van der Waals surface area contributed by atoms with E-state index in [2.05, 4.69) is 19.4 Å². The molecule has 0 spiro atoms. The number of amides is 1. The minimum atomic E-state index is -0.622. The molecule has 1 amide bonds. The largest absolute Gasteiger partial charge is 0.503 e. The number of rotatable bonds is 3. The number of pyridine rings is 1. The lowest BCUT2D eigenvalue weighted by atomic mass is 10.1. The Bertz CT molecular complexity index is 1240. The quantitative estimate of drug-likeness (QED) is 0.624. The Labute approximate surface area is 177 Å². The van der Waals surface area contributed by atoms with E-state index >= 15 is 0 Å². The van der Waals surface area contributed by atoms with Gasteiger partial charge in [0, 0.05) is 25.7 Å². The number of nitrogens with zero attached hydrogens (tertiary/aromatic N) is 4. The second kappa shape index (κ2) is 7.25. The van der Waals surface area contributed by atoms with Gasteiger partial charge in [-0.1, -0.05) is 17.4 Å². The third kappa shape index (κ3) is 3.13. The number of benzene rings is 1. The molecule has 2 aromatic heterocycles. The lowest BCUT2D eigenvalue weighted by molar-refractivity contribution is 0.0661. The molecule has 0 saturated carbocycles. The second-order valence-electron chi connectivity index (χ2n) is 7.54. The Morgan fingerprint density at radius 1 is 1.30 bits per heavy atom. The molecule has 1 unspecified atom stereocenters. The molecule has 1 fully saturated rings. The molecule has 0 aliphatic carbocycles. The summed E-state index contributed by atoms with van der Waals surface area (Å²) in [5.41, 5.74) is 0.541. The van der Waals surface area contributed by atoms with Crippen molar-refractivity contribution in [1.82, 2.24) is 19.7 Å². The number of carbonyl (C=O) groups excluding carboxylic acids is 1. The summed E-state index contributed by atoms with van der Waals surface area (Å²) >= 11 is 1.24. The first-order valence-corrected chi connectivity index (χ1v) is 11.0. The summed E-state index contributed by atoms with van der Waals surface area (Å²) in [4.78, 5) is 27.3. The zero-order valence-electron chi connectivity index (χ0n) is 15.8. The number of fused-ring (bicyclic) bond motifs is 2. The maximum absolute atomic E-state index is 13.3. The van der Waals surface area contributed by atoms with Crippen molar-refractivity contribution >= 4 is 31.8 Å². The number of hydrogen-bond acceptors (Lipinski definition) is 6. The average Bonchev–Trinajstić information content (AvgIpc) is 3.36. The standard InChI is InChI=1S/C20H18FN4O3PS/c21-11-4-3-10(14(29)7-11)6-15-22-23-19(30-15)13-9-24-8-12-2-1-5-25(12)20(28)16(24)18(27)17(13)26/h3-4,7,9,12,27H,1-2,5-6,8,29H2/t12-/m1/s1. The van der Waals surface area contributed by atoms with Gasteiger partial charge in [-0.2, -0.15) is 0 Å². The van der Waals surface area contributed by atoms with Gasteiger partial charge in [-0.05, 0) is 35.8 Å². The smallest absolute Gasteiger partial charge is 0.274 e. The lowest BCUT2D eigenvalue weighted by Crippen LogP contribution is -2.45. The van der Waals surface area contributed by atoms with Gasteiger partial charge in [0.1, 0.15) is 10.8 Å². The molecule has 0 bridgehead atoms. The highest BCUT2D eigenvalue weighted by Crippen LogP contribution is 2.32. The Hall–Kier alpha value is -2.64. The third-order valence-corrected chi connectivity index (χ3v) is 7.15. The van der Waals surface area contributed by atoms with Crippen LogP contribution in [0.5, 0.6) is 5.75 Å². The molecule has 154 valence electrons. The Morgan fingerprint density at radius 3 is 2.93 bits per heavy atom. The predicted molar refractivity (Wildman–Crippen MR) is 114 cm³/mol. The molecular formula is C20H18FN4O3PS. The minimum absolute atomic E-state index is 0.0469. The first-order valence-electron chi connectivity index (χ1n) is 9.56. The summed E-state index contributed by atoms with van der Waals surface area (Å²) in [6.07, 6.45) is 3.88. The van der Waals surface area contributed by atoms with Crippen molar-refractivity contribution in [2.75, 3.05) is 6.54 Å². The van der Waals surface area contributed by atoms with Crippen molar-refractivity contribution in [2.24, 2.45) is 0 Å². The van der Waals surface area contributed by atoms with E-state index in [4.69, 9.17) is 0 Å². The topological polar surface area (TPSA) is 88.3 Å². The molecule has 2 aliphatic heterocycles. The number of aromatic nitrogens is 3. The number of carbonyl (C=O) groups is 1. The highest BCUT2D eigenvalue weighted by atomic mass is 32.1. The highest BCUT2D eigenvalue weighted by Gasteiger charge is 2.38. The van der Waals surface area contributed by atoms with Crippen LogP contribution in [0.1, 0.15) is 33.9 Å². The Balaban J connectivity index is 1.51. The van der Waals surface area contributed by atoms with Crippen molar-refractivity contribution in [3.8, 4) is 16.3 Å². The summed E-state index contributed by atoms with van der Waals surface area (Å²) < 4.78 is 15.0. The van der Waals surface area contributed by atoms with Gasteiger partial charge in [0.25, 0.3) is 5.91 Å². The van der Waals surface area contributed by atoms with Crippen LogP contribution < -0.4 is 10.7 Å². The van der Waals surface area contributed by atoms with Crippen LogP contribution in [-0.2, 0) is 13.0 Å². The molecule has 1 N–H and O–H groups in total. The molecule has 10 heteroatoms. The molecule has 2 atom stereocenters. The van der Waals surface area contributed by atoms with Crippen LogP contribution >= 0.6 is 20.6 Å². The van der Waals surface area contributed by atoms with Crippen LogP contribution in [0, 0.1) is 5.82 Å². The summed E-state index contributed by atoms with van der Waals surface area (Å²) in [5, 5.41) is 20.6. The monoisotopic (exact) mass is 444 g/mol. The number of aromatic hydroxyl groups is 1. The second-order valence-corrected chi connectivity index (χ2v) is 9.22.